The fourth-order valence-electron chi connectivity index (χ4n) is 3.73. The molecule has 0 unspecified atom stereocenters. The van der Waals surface area contributed by atoms with Crippen LogP contribution in [0.2, 0.25) is 0 Å². The number of aromatic hydroxyl groups is 1. The van der Waals surface area contributed by atoms with E-state index in [1.807, 2.05) is 18.2 Å². The van der Waals surface area contributed by atoms with Crippen molar-refractivity contribution in [1.82, 2.24) is 18.9 Å². The lowest BCUT2D eigenvalue weighted by atomic mass is 10.1. The molecule has 9 heteroatoms. The molecule has 2 aromatic heterocycles. The van der Waals surface area contributed by atoms with Crippen molar-refractivity contribution in [3.8, 4) is 17.3 Å². The molecule has 0 aliphatic carbocycles. The fourth-order valence-corrected chi connectivity index (χ4v) is 3.73. The van der Waals surface area contributed by atoms with Crippen molar-refractivity contribution in [3.63, 3.8) is 0 Å². The molecular weight excluding hydrogens is 422 g/mol. The Morgan fingerprint density at radius 3 is 2.12 bits per heavy atom. The van der Waals surface area contributed by atoms with Crippen LogP contribution in [0.4, 0.5) is 5.69 Å². The lowest BCUT2D eigenvalue weighted by Crippen LogP contribution is -2.33. The number of H-pyrrole nitrogens is 1. The molecule has 4 aromatic rings. The van der Waals surface area contributed by atoms with Gasteiger partial charge < -0.3 is 5.11 Å². The molecule has 4 rings (SSSR count). The number of nitrogens with one attached hydrogen (secondary N) is 1. The topological polar surface area (TPSA) is 114 Å². The summed E-state index contributed by atoms with van der Waals surface area (Å²) >= 11 is 0. The van der Waals surface area contributed by atoms with E-state index in [0.717, 1.165) is 4.57 Å². The van der Waals surface area contributed by atoms with Gasteiger partial charge in [-0.1, -0.05) is 43.3 Å². The number of hydrogen-bond donors (Lipinski definition) is 2. The third-order valence-electron chi connectivity index (χ3n) is 5.49. The maximum atomic E-state index is 13.2. The van der Waals surface area contributed by atoms with E-state index in [9.17, 15) is 19.5 Å². The summed E-state index contributed by atoms with van der Waals surface area (Å²) in [4.78, 5) is 45.1. The average Bonchev–Trinajstić information content (AvgIpc) is 3.02. The van der Waals surface area contributed by atoms with Crippen LogP contribution in [0.15, 0.2) is 80.0 Å². The maximum Gasteiger partial charge on any atom is 0.335 e. The van der Waals surface area contributed by atoms with Gasteiger partial charge in [-0.3, -0.25) is 19.3 Å². The van der Waals surface area contributed by atoms with Crippen molar-refractivity contribution in [1.29, 1.82) is 0 Å². The van der Waals surface area contributed by atoms with E-state index >= 15 is 0 Å². The Labute approximate surface area is 188 Å². The molecule has 0 bridgehead atoms. The highest BCUT2D eigenvalue weighted by molar-refractivity contribution is 6.03. The number of aliphatic imine (C=N–C) groups is 1. The molecule has 0 amide bonds. The Hall–Kier alpha value is -4.40. The monoisotopic (exact) mass is 445 g/mol. The van der Waals surface area contributed by atoms with Crippen molar-refractivity contribution in [2.24, 2.45) is 12.0 Å². The molecule has 0 radical (unpaired) electrons. The van der Waals surface area contributed by atoms with Gasteiger partial charge in [0.25, 0.3) is 11.1 Å². The second-order valence-corrected chi connectivity index (χ2v) is 7.45. The maximum absolute atomic E-state index is 13.2. The zero-order valence-electron chi connectivity index (χ0n) is 18.4. The number of hydrogen-bond acceptors (Lipinski definition) is 5. The predicted molar refractivity (Wildman–Crippen MR) is 127 cm³/mol. The van der Waals surface area contributed by atoms with E-state index < -0.39 is 17.1 Å². The van der Waals surface area contributed by atoms with Gasteiger partial charge >= 0.3 is 5.69 Å². The van der Waals surface area contributed by atoms with Gasteiger partial charge in [-0.25, -0.2) is 19.0 Å². The Kier molecular flexibility index (Phi) is 5.70. The van der Waals surface area contributed by atoms with Crippen molar-refractivity contribution in [3.05, 3.63) is 103 Å². The van der Waals surface area contributed by atoms with Gasteiger partial charge in [0.1, 0.15) is 5.56 Å². The Balaban J connectivity index is 1.95. The van der Waals surface area contributed by atoms with Crippen LogP contribution in [-0.4, -0.2) is 29.7 Å². The van der Waals surface area contributed by atoms with E-state index in [2.05, 4.69) is 9.98 Å². The highest BCUT2D eigenvalue weighted by atomic mass is 16.3. The van der Waals surface area contributed by atoms with Gasteiger partial charge in [-0.05, 0) is 37.6 Å². The van der Waals surface area contributed by atoms with Crippen LogP contribution in [0, 0.1) is 6.92 Å². The van der Waals surface area contributed by atoms with Gasteiger partial charge in [0, 0.05) is 7.05 Å². The molecule has 2 N–H and O–H groups in total. The molecule has 9 nitrogen and oxygen atoms in total. The Bertz CT molecular complexity index is 1520. The van der Waals surface area contributed by atoms with Crippen LogP contribution in [0.5, 0.6) is 5.88 Å². The van der Waals surface area contributed by atoms with Crippen LogP contribution in [0.1, 0.15) is 24.6 Å². The molecule has 33 heavy (non-hydrogen) atoms. The first kappa shape index (κ1) is 21.8. The Morgan fingerprint density at radius 2 is 1.55 bits per heavy atom. The van der Waals surface area contributed by atoms with Crippen LogP contribution >= 0.6 is 0 Å². The highest BCUT2D eigenvalue weighted by Gasteiger charge is 2.22. The predicted octanol–water partition coefficient (Wildman–Crippen LogP) is 2.56. The molecule has 0 saturated heterocycles. The summed E-state index contributed by atoms with van der Waals surface area (Å²) in [6, 6.07) is 17.6. The van der Waals surface area contributed by atoms with Crippen LogP contribution in [0.3, 0.4) is 0 Å². The molecule has 168 valence electrons. The van der Waals surface area contributed by atoms with Crippen LogP contribution in [0.25, 0.3) is 11.4 Å². The lowest BCUT2D eigenvalue weighted by Gasteiger charge is -2.12. The third kappa shape index (κ3) is 3.73. The van der Waals surface area contributed by atoms with Crippen molar-refractivity contribution >= 4 is 11.4 Å². The van der Waals surface area contributed by atoms with Crippen LogP contribution < -0.4 is 16.8 Å². The van der Waals surface area contributed by atoms with Gasteiger partial charge in [-0.15, -0.1) is 0 Å². The molecule has 0 aliphatic heterocycles. The molecular formula is C24H23N5O4. The quantitative estimate of drug-likeness (QED) is 0.460. The van der Waals surface area contributed by atoms with E-state index in [1.54, 1.807) is 68.0 Å². The summed E-state index contributed by atoms with van der Waals surface area (Å²) in [5.74, 6) is -0.535. The molecule has 0 spiro atoms. The zero-order chi connectivity index (χ0) is 23.7. The molecule has 0 saturated carbocycles. The minimum atomic E-state index is -0.776. The van der Waals surface area contributed by atoms with E-state index in [1.165, 1.54) is 4.68 Å². The number of para-hydroxylation sites is 2. The van der Waals surface area contributed by atoms with Crippen LogP contribution in [-0.2, 0) is 7.05 Å². The van der Waals surface area contributed by atoms with Gasteiger partial charge in [0.2, 0.25) is 5.88 Å². The van der Waals surface area contributed by atoms with Gasteiger partial charge in [0.15, 0.2) is 5.69 Å². The van der Waals surface area contributed by atoms with Crippen molar-refractivity contribution in [2.45, 2.75) is 20.3 Å². The number of aromatic amines is 1. The minimum Gasteiger partial charge on any atom is -0.493 e. The van der Waals surface area contributed by atoms with E-state index in [4.69, 9.17) is 0 Å². The zero-order valence-corrected chi connectivity index (χ0v) is 18.4. The van der Waals surface area contributed by atoms with Crippen molar-refractivity contribution in [2.75, 3.05) is 0 Å². The van der Waals surface area contributed by atoms with Gasteiger partial charge in [0.05, 0.1) is 22.8 Å². The third-order valence-corrected chi connectivity index (χ3v) is 5.49. The average molecular weight is 445 g/mol. The lowest BCUT2D eigenvalue weighted by molar-refractivity contribution is 0.429. The largest absolute Gasteiger partial charge is 0.493 e. The number of nitrogens with zero attached hydrogens (tertiary/aromatic N) is 4. The molecule has 2 heterocycles. The second-order valence-electron chi connectivity index (χ2n) is 7.45. The fraction of sp³-hybridized carbons (Fsp3) is 0.167. The molecule has 2 aromatic carbocycles. The van der Waals surface area contributed by atoms with E-state index in [0.29, 0.717) is 17.1 Å². The molecule has 0 aliphatic rings. The SMILES string of the molecule is CCC(=Nc1c(C)n(C)n(-c2ccccc2)c1=O)c1c(O)n(-c2ccccc2)c(=O)[nH]c1=O. The number of rotatable bonds is 5. The standard InChI is InChI=1S/C24H23N5O4/c1-4-18(19-21(30)26-24(33)28(22(19)31)16-11-7-5-8-12-16)25-20-15(2)27(3)29(23(20)32)17-13-9-6-10-14-17/h5-14,31H,4H2,1-3H3,(H,26,30,33). The normalized spacial score (nSPS) is 11.7. The summed E-state index contributed by atoms with van der Waals surface area (Å²) in [5.41, 5.74) is -0.0935. The summed E-state index contributed by atoms with van der Waals surface area (Å²) in [7, 11) is 1.74. The first-order valence-electron chi connectivity index (χ1n) is 10.4. The minimum absolute atomic E-state index is 0.148. The number of aromatic nitrogens is 4. The smallest absolute Gasteiger partial charge is 0.335 e. The summed E-state index contributed by atoms with van der Waals surface area (Å²) < 4.78 is 4.16. The Morgan fingerprint density at radius 1 is 0.970 bits per heavy atom. The first-order valence-corrected chi connectivity index (χ1v) is 10.4. The van der Waals surface area contributed by atoms with E-state index in [-0.39, 0.29) is 28.9 Å². The van der Waals surface area contributed by atoms with Crippen molar-refractivity contribution < 1.29 is 5.11 Å². The first-order chi connectivity index (χ1) is 15.8. The molecule has 0 atom stereocenters. The highest BCUT2D eigenvalue weighted by Crippen LogP contribution is 2.22. The number of benzene rings is 2. The molecule has 0 fully saturated rings. The van der Waals surface area contributed by atoms with Gasteiger partial charge in [-0.2, -0.15) is 0 Å². The summed E-state index contributed by atoms with van der Waals surface area (Å²) in [5, 5.41) is 10.9. The summed E-state index contributed by atoms with van der Waals surface area (Å²) in [6.45, 7) is 3.51. The summed E-state index contributed by atoms with van der Waals surface area (Å²) in [6.07, 6.45) is 0.239. The second kappa shape index (κ2) is 8.62.